The van der Waals surface area contributed by atoms with Crippen LogP contribution in [-0.2, 0) is 6.54 Å². The molecule has 0 unspecified atom stereocenters. The largest absolute Gasteiger partial charge is 0.361 e. The zero-order valence-electron chi connectivity index (χ0n) is 15.6. The number of para-hydroxylation sites is 1. The zero-order valence-corrected chi connectivity index (χ0v) is 15.6. The van der Waals surface area contributed by atoms with Gasteiger partial charge in [-0.15, -0.1) is 0 Å². The summed E-state index contributed by atoms with van der Waals surface area (Å²) >= 11 is 0. The molecule has 0 spiro atoms. The summed E-state index contributed by atoms with van der Waals surface area (Å²) in [6, 6.07) is 8.48. The second-order valence-corrected chi connectivity index (χ2v) is 7.13. The smallest absolute Gasteiger partial charge is 0.277 e. The van der Waals surface area contributed by atoms with Gasteiger partial charge < -0.3 is 15.2 Å². The number of hydrogen-bond acceptors (Lipinski definition) is 6. The van der Waals surface area contributed by atoms with E-state index in [2.05, 4.69) is 49.4 Å². The van der Waals surface area contributed by atoms with Crippen molar-refractivity contribution in [1.29, 1.82) is 0 Å². The topological polar surface area (TPSA) is 106 Å². The minimum absolute atomic E-state index is 0.238. The normalized spacial score (nSPS) is 15.1. The van der Waals surface area contributed by atoms with Gasteiger partial charge in [0, 0.05) is 43.7 Å². The van der Waals surface area contributed by atoms with Crippen LogP contribution in [0.5, 0.6) is 0 Å². The lowest BCUT2D eigenvalue weighted by Crippen LogP contribution is -2.38. The van der Waals surface area contributed by atoms with E-state index in [1.807, 2.05) is 6.20 Å². The van der Waals surface area contributed by atoms with Crippen molar-refractivity contribution in [2.45, 2.75) is 19.4 Å². The number of nitrogens with one attached hydrogen (secondary N) is 3. The zero-order chi connectivity index (χ0) is 19.3. The number of H-pyrrole nitrogens is 1. The van der Waals surface area contributed by atoms with E-state index in [0.717, 1.165) is 39.0 Å². The first kappa shape index (κ1) is 18.4. The highest BCUT2D eigenvalue weighted by atomic mass is 16.5. The van der Waals surface area contributed by atoms with Crippen LogP contribution in [0.2, 0.25) is 0 Å². The van der Waals surface area contributed by atoms with Gasteiger partial charge in [-0.25, -0.2) is 15.4 Å². The van der Waals surface area contributed by atoms with Crippen LogP contribution in [0, 0.1) is 5.92 Å². The molecule has 1 aliphatic rings. The molecule has 1 saturated heterocycles. The second kappa shape index (κ2) is 8.37. The fourth-order valence-corrected chi connectivity index (χ4v) is 3.71. The standard InChI is InChI=1S/C20H24N6O2/c27-19(25-28)17-12-23-20(24-13-17)26-8-5-14(6-9-26)10-21-11-16-3-1-2-15-4-7-22-18(15)16/h1-4,7,12-14,21-22,28H,5-6,8-11H2,(H,25,27). The van der Waals surface area contributed by atoms with Gasteiger partial charge in [-0.1, -0.05) is 18.2 Å². The quantitative estimate of drug-likeness (QED) is 0.385. The molecule has 3 heterocycles. The SMILES string of the molecule is O=C(NO)c1cnc(N2CCC(CNCc3cccc4cc[nH]c34)CC2)nc1. The Morgan fingerprint density at radius 2 is 2.00 bits per heavy atom. The van der Waals surface area contributed by atoms with Crippen molar-refractivity contribution in [2.75, 3.05) is 24.5 Å². The number of rotatable bonds is 6. The maximum Gasteiger partial charge on any atom is 0.277 e. The molecule has 4 N–H and O–H groups in total. The average molecular weight is 380 g/mol. The van der Waals surface area contributed by atoms with Crippen LogP contribution in [0.1, 0.15) is 28.8 Å². The Balaban J connectivity index is 1.25. The number of fused-ring (bicyclic) bond motifs is 1. The first-order chi connectivity index (χ1) is 13.7. The third-order valence-electron chi connectivity index (χ3n) is 5.32. The van der Waals surface area contributed by atoms with E-state index in [0.29, 0.717) is 11.9 Å². The van der Waals surface area contributed by atoms with Crippen LogP contribution in [0.4, 0.5) is 5.95 Å². The van der Waals surface area contributed by atoms with Crippen molar-refractivity contribution in [3.8, 4) is 0 Å². The minimum atomic E-state index is -0.605. The fourth-order valence-electron chi connectivity index (χ4n) is 3.71. The lowest BCUT2D eigenvalue weighted by atomic mass is 9.97. The van der Waals surface area contributed by atoms with Crippen LogP contribution in [0.25, 0.3) is 10.9 Å². The summed E-state index contributed by atoms with van der Waals surface area (Å²) in [6.07, 6.45) is 6.99. The van der Waals surface area contributed by atoms with Crippen molar-refractivity contribution in [3.05, 3.63) is 54.0 Å². The molecule has 0 saturated carbocycles. The molecule has 8 heteroatoms. The highest BCUT2D eigenvalue weighted by molar-refractivity contribution is 5.92. The molecule has 8 nitrogen and oxygen atoms in total. The summed E-state index contributed by atoms with van der Waals surface area (Å²) in [5.74, 6) is 0.643. The van der Waals surface area contributed by atoms with E-state index in [1.165, 1.54) is 28.9 Å². The van der Waals surface area contributed by atoms with Crippen LogP contribution in [-0.4, -0.2) is 45.7 Å². The molecule has 0 atom stereocenters. The number of nitrogens with zero attached hydrogens (tertiary/aromatic N) is 3. The molecule has 3 aromatic rings. The van der Waals surface area contributed by atoms with Crippen LogP contribution in [0.3, 0.4) is 0 Å². The first-order valence-electron chi connectivity index (χ1n) is 9.51. The molecule has 0 aliphatic carbocycles. The van der Waals surface area contributed by atoms with Gasteiger partial charge in [-0.3, -0.25) is 10.0 Å². The number of carbonyl (C=O) groups excluding carboxylic acids is 1. The number of hydrogen-bond donors (Lipinski definition) is 4. The van der Waals surface area contributed by atoms with E-state index in [1.54, 1.807) is 5.48 Å². The van der Waals surface area contributed by atoms with Gasteiger partial charge in [0.2, 0.25) is 5.95 Å². The summed E-state index contributed by atoms with van der Waals surface area (Å²) < 4.78 is 0. The average Bonchev–Trinajstić information content (AvgIpc) is 3.24. The second-order valence-electron chi connectivity index (χ2n) is 7.13. The van der Waals surface area contributed by atoms with Crippen molar-refractivity contribution < 1.29 is 10.0 Å². The fraction of sp³-hybridized carbons (Fsp3) is 0.350. The van der Waals surface area contributed by atoms with E-state index >= 15 is 0 Å². The molecule has 28 heavy (non-hydrogen) atoms. The first-order valence-corrected chi connectivity index (χ1v) is 9.51. The molecule has 0 bridgehead atoms. The van der Waals surface area contributed by atoms with E-state index in [-0.39, 0.29) is 5.56 Å². The Morgan fingerprint density at radius 3 is 2.75 bits per heavy atom. The van der Waals surface area contributed by atoms with Gasteiger partial charge in [0.15, 0.2) is 0 Å². The molecule has 1 amide bonds. The van der Waals surface area contributed by atoms with Crippen molar-refractivity contribution >= 4 is 22.8 Å². The summed E-state index contributed by atoms with van der Waals surface area (Å²) in [6.45, 7) is 3.63. The van der Waals surface area contributed by atoms with E-state index < -0.39 is 5.91 Å². The number of amides is 1. The summed E-state index contributed by atoms with van der Waals surface area (Å²) in [7, 11) is 0. The van der Waals surface area contributed by atoms with Crippen LogP contribution >= 0.6 is 0 Å². The molecule has 1 aromatic carbocycles. The maximum absolute atomic E-state index is 11.3. The number of piperidine rings is 1. The molecular weight excluding hydrogens is 356 g/mol. The number of anilines is 1. The van der Waals surface area contributed by atoms with Crippen molar-refractivity contribution in [2.24, 2.45) is 5.92 Å². The molecule has 146 valence electrons. The number of carbonyl (C=O) groups is 1. The van der Waals surface area contributed by atoms with Gasteiger partial charge in [0.25, 0.3) is 5.91 Å². The number of benzene rings is 1. The Labute approximate surface area is 163 Å². The maximum atomic E-state index is 11.3. The molecule has 4 rings (SSSR count). The molecule has 1 aliphatic heterocycles. The monoisotopic (exact) mass is 380 g/mol. The third kappa shape index (κ3) is 3.97. The number of aromatic nitrogens is 3. The molecule has 1 fully saturated rings. The van der Waals surface area contributed by atoms with Gasteiger partial charge >= 0.3 is 0 Å². The summed E-state index contributed by atoms with van der Waals surface area (Å²) in [5.41, 5.74) is 4.32. The predicted octanol–water partition coefficient (Wildman–Crippen LogP) is 2.08. The summed E-state index contributed by atoms with van der Waals surface area (Å²) in [4.78, 5) is 25.3. The van der Waals surface area contributed by atoms with Gasteiger partial charge in [0.05, 0.1) is 5.56 Å². The lowest BCUT2D eigenvalue weighted by molar-refractivity contribution is 0.0705. The number of hydroxylamine groups is 1. The highest BCUT2D eigenvalue weighted by Gasteiger charge is 2.21. The van der Waals surface area contributed by atoms with Gasteiger partial charge in [-0.2, -0.15) is 0 Å². The van der Waals surface area contributed by atoms with Crippen molar-refractivity contribution in [3.63, 3.8) is 0 Å². The van der Waals surface area contributed by atoms with E-state index in [9.17, 15) is 4.79 Å². The van der Waals surface area contributed by atoms with Crippen molar-refractivity contribution in [1.82, 2.24) is 25.7 Å². The Bertz CT molecular complexity index is 931. The predicted molar refractivity (Wildman–Crippen MR) is 106 cm³/mol. The minimum Gasteiger partial charge on any atom is -0.361 e. The Hall–Kier alpha value is -2.97. The highest BCUT2D eigenvalue weighted by Crippen LogP contribution is 2.21. The molecular formula is C20H24N6O2. The summed E-state index contributed by atoms with van der Waals surface area (Å²) in [5, 5.41) is 13.5. The van der Waals surface area contributed by atoms with Gasteiger partial charge in [-0.05, 0) is 42.3 Å². The Morgan fingerprint density at radius 1 is 1.21 bits per heavy atom. The van der Waals surface area contributed by atoms with E-state index in [4.69, 9.17) is 5.21 Å². The lowest BCUT2D eigenvalue weighted by Gasteiger charge is -2.32. The third-order valence-corrected chi connectivity index (χ3v) is 5.32. The van der Waals surface area contributed by atoms with Gasteiger partial charge in [0.1, 0.15) is 0 Å². The molecule has 0 radical (unpaired) electrons. The Kier molecular flexibility index (Phi) is 5.50. The van der Waals surface area contributed by atoms with Crippen LogP contribution in [0.15, 0.2) is 42.9 Å². The molecule has 2 aromatic heterocycles. The number of aromatic amines is 1. The van der Waals surface area contributed by atoms with Crippen LogP contribution < -0.4 is 15.7 Å².